The molecular formula is C31H40N4O2S2. The van der Waals surface area contributed by atoms with Crippen molar-refractivity contribution in [2.24, 2.45) is 0 Å². The Labute approximate surface area is 240 Å². The van der Waals surface area contributed by atoms with Gasteiger partial charge in [-0.1, -0.05) is 78.1 Å². The first-order valence-electron chi connectivity index (χ1n) is 14.5. The molecule has 2 aromatic heterocycles. The van der Waals surface area contributed by atoms with E-state index in [0.717, 1.165) is 48.3 Å². The van der Waals surface area contributed by atoms with Crippen LogP contribution in [0.3, 0.4) is 0 Å². The molecule has 4 rings (SSSR count). The van der Waals surface area contributed by atoms with Crippen LogP contribution in [0.25, 0.3) is 11.4 Å². The summed E-state index contributed by atoms with van der Waals surface area (Å²) in [5.41, 5.74) is 8.47. The number of rotatable bonds is 16. The molecule has 0 atom stereocenters. The van der Waals surface area contributed by atoms with E-state index in [2.05, 4.69) is 19.9 Å². The number of nitrogen functional groups attached to an aromatic ring is 1. The Kier molecular flexibility index (Phi) is 10.4. The first-order chi connectivity index (χ1) is 19.0. The van der Waals surface area contributed by atoms with Crippen molar-refractivity contribution in [2.75, 3.05) is 18.8 Å². The number of nitrogens with two attached hydrogens (primary N) is 1. The molecule has 0 bridgehead atoms. The molecule has 2 amide bonds. The normalized spacial score (nSPS) is 15.2. The van der Waals surface area contributed by atoms with Gasteiger partial charge < -0.3 is 15.5 Å². The molecule has 0 fully saturated rings. The lowest BCUT2D eigenvalue weighted by Gasteiger charge is -2.24. The van der Waals surface area contributed by atoms with Crippen LogP contribution in [0.15, 0.2) is 35.4 Å². The number of hydrogen-bond acceptors (Lipinski definition) is 6. The topological polar surface area (TPSA) is 90.4 Å². The van der Waals surface area contributed by atoms with Gasteiger partial charge in [-0.15, -0.1) is 22.7 Å². The van der Waals surface area contributed by atoms with Crippen molar-refractivity contribution >= 4 is 50.9 Å². The maximum Gasteiger partial charge on any atom is 0.261 e. The van der Waals surface area contributed by atoms with Gasteiger partial charge in [0, 0.05) is 13.1 Å². The Bertz CT molecular complexity index is 1280. The predicted molar refractivity (Wildman–Crippen MR) is 162 cm³/mol. The van der Waals surface area contributed by atoms with Crippen LogP contribution in [0.2, 0.25) is 0 Å². The minimum atomic E-state index is -0.110. The molecule has 0 spiro atoms. The second-order valence-corrected chi connectivity index (χ2v) is 12.6. The SMILES string of the molecule is CCCCCCCCN1C(=O)C2=C(c3ccc(C#N)s3)N(CCCCCCCC)C(=O)C2=C1c1ccc(N)s1. The van der Waals surface area contributed by atoms with Gasteiger partial charge in [0.2, 0.25) is 0 Å². The summed E-state index contributed by atoms with van der Waals surface area (Å²) in [6, 6.07) is 9.63. The zero-order chi connectivity index (χ0) is 27.8. The molecule has 0 saturated heterocycles. The van der Waals surface area contributed by atoms with E-state index in [-0.39, 0.29) is 11.8 Å². The number of fused-ring (bicyclic) bond motifs is 1. The standard InChI is InChI=1S/C31H40N4O2S2/c1-3-5-7-9-11-13-19-34-28(23-16-15-22(21-32)38-23)26-27(31(34)37)29(24-17-18-25(33)39-24)35(30(26)36)20-14-12-10-8-6-4-2/h15-18H,3-14,19-20,33H2,1-2H3. The molecule has 2 aromatic rings. The summed E-state index contributed by atoms with van der Waals surface area (Å²) in [5.74, 6) is -0.220. The second-order valence-electron chi connectivity index (χ2n) is 10.4. The molecular weight excluding hydrogens is 525 g/mol. The molecule has 39 heavy (non-hydrogen) atoms. The van der Waals surface area contributed by atoms with Gasteiger partial charge in [-0.3, -0.25) is 9.59 Å². The smallest absolute Gasteiger partial charge is 0.261 e. The Morgan fingerprint density at radius 3 is 1.59 bits per heavy atom. The van der Waals surface area contributed by atoms with Gasteiger partial charge in [-0.25, -0.2) is 0 Å². The summed E-state index contributed by atoms with van der Waals surface area (Å²) in [6.45, 7) is 5.56. The van der Waals surface area contributed by atoms with E-state index in [9.17, 15) is 14.9 Å². The number of amides is 2. The van der Waals surface area contributed by atoms with Crippen molar-refractivity contribution in [3.8, 4) is 6.07 Å². The first kappa shape index (κ1) is 29.1. The summed E-state index contributed by atoms with van der Waals surface area (Å²) in [6.07, 6.45) is 13.4. The van der Waals surface area contributed by atoms with Gasteiger partial charge in [-0.2, -0.15) is 5.26 Å². The minimum absolute atomic E-state index is 0.110. The van der Waals surface area contributed by atoms with Crippen molar-refractivity contribution in [3.05, 3.63) is 50.0 Å². The fourth-order valence-electron chi connectivity index (χ4n) is 5.44. The lowest BCUT2D eigenvalue weighted by Crippen LogP contribution is -2.30. The van der Waals surface area contributed by atoms with Crippen LogP contribution >= 0.6 is 22.7 Å². The van der Waals surface area contributed by atoms with Crippen LogP contribution < -0.4 is 5.73 Å². The van der Waals surface area contributed by atoms with Crippen molar-refractivity contribution in [3.63, 3.8) is 0 Å². The summed E-state index contributed by atoms with van der Waals surface area (Å²) in [7, 11) is 0. The molecule has 0 aliphatic carbocycles. The predicted octanol–water partition coefficient (Wildman–Crippen LogP) is 7.79. The van der Waals surface area contributed by atoms with Crippen molar-refractivity contribution < 1.29 is 9.59 Å². The van der Waals surface area contributed by atoms with Crippen molar-refractivity contribution in [1.29, 1.82) is 5.26 Å². The van der Waals surface area contributed by atoms with E-state index < -0.39 is 0 Å². The maximum atomic E-state index is 14.1. The summed E-state index contributed by atoms with van der Waals surface area (Å²) >= 11 is 2.76. The lowest BCUT2D eigenvalue weighted by molar-refractivity contribution is -0.124. The minimum Gasteiger partial charge on any atom is -0.391 e. The summed E-state index contributed by atoms with van der Waals surface area (Å²) < 4.78 is 0. The third-order valence-electron chi connectivity index (χ3n) is 7.46. The maximum absolute atomic E-state index is 14.1. The molecule has 2 aliphatic rings. The Balaban J connectivity index is 1.68. The fourth-order valence-corrected chi connectivity index (χ4v) is 7.14. The van der Waals surface area contributed by atoms with E-state index in [0.29, 0.717) is 45.5 Å². The highest BCUT2D eigenvalue weighted by atomic mass is 32.1. The molecule has 0 aromatic carbocycles. The molecule has 8 heteroatoms. The van der Waals surface area contributed by atoms with Crippen molar-refractivity contribution in [1.82, 2.24) is 9.80 Å². The van der Waals surface area contributed by atoms with Gasteiger partial charge in [0.1, 0.15) is 10.9 Å². The van der Waals surface area contributed by atoms with Gasteiger partial charge in [0.05, 0.1) is 37.3 Å². The third kappa shape index (κ3) is 6.47. The molecule has 0 saturated carbocycles. The van der Waals surface area contributed by atoms with E-state index in [1.54, 1.807) is 11.0 Å². The molecule has 2 aliphatic heterocycles. The van der Waals surface area contributed by atoms with Gasteiger partial charge in [0.25, 0.3) is 11.8 Å². The molecule has 0 radical (unpaired) electrons. The summed E-state index contributed by atoms with van der Waals surface area (Å²) in [5, 5.41) is 10.1. The third-order valence-corrected chi connectivity index (χ3v) is 9.38. The number of nitriles is 1. The number of nitrogens with zero attached hydrogens (tertiary/aromatic N) is 3. The largest absolute Gasteiger partial charge is 0.391 e. The second kappa shape index (κ2) is 14.0. The van der Waals surface area contributed by atoms with Crippen LogP contribution in [-0.4, -0.2) is 34.7 Å². The number of carbonyl (C=O) groups excluding carboxylic acids is 2. The van der Waals surface area contributed by atoms with E-state index in [1.807, 2.05) is 23.1 Å². The first-order valence-corrected chi connectivity index (χ1v) is 16.1. The quantitative estimate of drug-likeness (QED) is 0.211. The summed E-state index contributed by atoms with van der Waals surface area (Å²) in [4.78, 5) is 34.1. The number of hydrogen-bond donors (Lipinski definition) is 1. The molecule has 4 heterocycles. The fraction of sp³-hybridized carbons (Fsp3) is 0.516. The lowest BCUT2D eigenvalue weighted by atomic mass is 10.1. The van der Waals surface area contributed by atoms with E-state index >= 15 is 0 Å². The van der Waals surface area contributed by atoms with E-state index in [1.165, 1.54) is 61.2 Å². The van der Waals surface area contributed by atoms with Crippen LogP contribution in [0.5, 0.6) is 0 Å². The Hall–Kier alpha value is -2.89. The zero-order valence-electron chi connectivity index (χ0n) is 23.3. The average Bonchev–Trinajstić information content (AvgIpc) is 3.69. The number of anilines is 1. The highest BCUT2D eigenvalue weighted by Crippen LogP contribution is 2.49. The van der Waals surface area contributed by atoms with Gasteiger partial charge in [-0.05, 0) is 37.1 Å². The molecule has 6 nitrogen and oxygen atoms in total. The molecule has 208 valence electrons. The number of unbranched alkanes of at least 4 members (excludes halogenated alkanes) is 10. The van der Waals surface area contributed by atoms with Gasteiger partial charge in [0.15, 0.2) is 0 Å². The number of carbonyl (C=O) groups is 2. The molecule has 2 N–H and O–H groups in total. The highest BCUT2D eigenvalue weighted by molar-refractivity contribution is 7.17. The van der Waals surface area contributed by atoms with E-state index in [4.69, 9.17) is 5.73 Å². The molecule has 0 unspecified atom stereocenters. The average molecular weight is 565 g/mol. The highest BCUT2D eigenvalue weighted by Gasteiger charge is 2.49. The van der Waals surface area contributed by atoms with Crippen molar-refractivity contribution in [2.45, 2.75) is 90.9 Å². The van der Waals surface area contributed by atoms with Crippen LogP contribution in [0.1, 0.15) is 106 Å². The van der Waals surface area contributed by atoms with Crippen LogP contribution in [0.4, 0.5) is 5.00 Å². The zero-order valence-corrected chi connectivity index (χ0v) is 24.9. The monoisotopic (exact) mass is 564 g/mol. The number of thiophene rings is 2. The van der Waals surface area contributed by atoms with Crippen LogP contribution in [-0.2, 0) is 9.59 Å². The van der Waals surface area contributed by atoms with Crippen LogP contribution in [0, 0.1) is 11.3 Å². The Morgan fingerprint density at radius 1 is 0.692 bits per heavy atom. The van der Waals surface area contributed by atoms with Gasteiger partial charge >= 0.3 is 0 Å². The Morgan fingerprint density at radius 2 is 1.15 bits per heavy atom.